The lowest BCUT2D eigenvalue weighted by atomic mass is 10.0. The summed E-state index contributed by atoms with van der Waals surface area (Å²) in [6.07, 6.45) is 4.24. The first-order valence-corrected chi connectivity index (χ1v) is 8.68. The van der Waals surface area contributed by atoms with E-state index in [1.807, 2.05) is 42.5 Å². The van der Waals surface area contributed by atoms with E-state index < -0.39 is 0 Å². The minimum Gasteiger partial charge on any atom is -0.267 e. The lowest BCUT2D eigenvalue weighted by molar-refractivity contribution is 0.0954. The molecule has 0 bridgehead atoms. The van der Waals surface area contributed by atoms with E-state index in [1.165, 1.54) is 0 Å². The van der Waals surface area contributed by atoms with Crippen molar-refractivity contribution in [1.82, 2.24) is 5.43 Å². The molecule has 1 N–H and O–H groups in total. The van der Waals surface area contributed by atoms with Crippen molar-refractivity contribution >= 4 is 27.5 Å². The van der Waals surface area contributed by atoms with E-state index >= 15 is 0 Å². The first kappa shape index (κ1) is 17.4. The molecule has 0 heterocycles. The van der Waals surface area contributed by atoms with Gasteiger partial charge in [-0.05, 0) is 36.6 Å². The number of amides is 1. The van der Waals surface area contributed by atoms with E-state index in [4.69, 9.17) is 0 Å². The van der Waals surface area contributed by atoms with Gasteiger partial charge in [0.05, 0.1) is 5.71 Å². The van der Waals surface area contributed by atoms with Crippen molar-refractivity contribution in [3.63, 3.8) is 0 Å². The zero-order valence-electron chi connectivity index (χ0n) is 13.3. The third-order valence-corrected chi connectivity index (χ3v) is 4.00. The average Bonchev–Trinajstić information content (AvgIpc) is 2.58. The Bertz CT molecular complexity index is 668. The van der Waals surface area contributed by atoms with Crippen LogP contribution in [0.15, 0.2) is 64.2 Å². The molecule has 2 rings (SSSR count). The lowest BCUT2D eigenvalue weighted by Gasteiger charge is -2.08. The van der Waals surface area contributed by atoms with E-state index in [2.05, 4.69) is 33.4 Å². The van der Waals surface area contributed by atoms with Gasteiger partial charge in [0, 0.05) is 10.0 Å². The average molecular weight is 373 g/mol. The summed E-state index contributed by atoms with van der Waals surface area (Å²) < 4.78 is 0.875. The van der Waals surface area contributed by atoms with Gasteiger partial charge in [-0.1, -0.05) is 72.1 Å². The second-order valence-electron chi connectivity index (χ2n) is 5.33. The highest BCUT2D eigenvalue weighted by atomic mass is 79.9. The fourth-order valence-corrected chi connectivity index (χ4v) is 2.65. The molecular formula is C19H21BrN2O. The standard InChI is InChI=1S/C19H21BrN2O/c1-2-3-5-13-18(15-9-6-4-7-10-15)21-22-19(23)16-11-8-12-17(20)14-16/h4,6-12,14H,2-3,5,13H2,1H3,(H,22,23)/b21-18+. The van der Waals surface area contributed by atoms with Crippen LogP contribution in [-0.2, 0) is 0 Å². The van der Waals surface area contributed by atoms with Crippen molar-refractivity contribution in [2.24, 2.45) is 5.10 Å². The zero-order valence-corrected chi connectivity index (χ0v) is 14.8. The van der Waals surface area contributed by atoms with Crippen molar-refractivity contribution < 1.29 is 4.79 Å². The Balaban J connectivity index is 2.11. The van der Waals surface area contributed by atoms with Crippen LogP contribution >= 0.6 is 15.9 Å². The van der Waals surface area contributed by atoms with Crippen LogP contribution in [0.2, 0.25) is 0 Å². The smallest absolute Gasteiger partial charge is 0.267 e. The third-order valence-electron chi connectivity index (χ3n) is 3.50. The number of nitrogens with zero attached hydrogens (tertiary/aromatic N) is 1. The quantitative estimate of drug-likeness (QED) is 0.406. The summed E-state index contributed by atoms with van der Waals surface area (Å²) >= 11 is 3.37. The largest absolute Gasteiger partial charge is 0.271 e. The van der Waals surface area contributed by atoms with Gasteiger partial charge in [-0.3, -0.25) is 4.79 Å². The highest BCUT2D eigenvalue weighted by Crippen LogP contribution is 2.12. The van der Waals surface area contributed by atoms with Crippen LogP contribution in [0.4, 0.5) is 0 Å². The van der Waals surface area contributed by atoms with Crippen molar-refractivity contribution in [2.45, 2.75) is 32.6 Å². The van der Waals surface area contributed by atoms with Crippen molar-refractivity contribution in [1.29, 1.82) is 0 Å². The number of rotatable bonds is 7. The monoisotopic (exact) mass is 372 g/mol. The van der Waals surface area contributed by atoms with Gasteiger partial charge in [-0.15, -0.1) is 0 Å². The molecule has 0 aliphatic rings. The highest BCUT2D eigenvalue weighted by Gasteiger charge is 2.07. The van der Waals surface area contributed by atoms with Gasteiger partial charge in [0.1, 0.15) is 0 Å². The van der Waals surface area contributed by atoms with E-state index in [0.29, 0.717) is 5.56 Å². The summed E-state index contributed by atoms with van der Waals surface area (Å²) in [6.45, 7) is 2.17. The molecular weight excluding hydrogens is 352 g/mol. The Hall–Kier alpha value is -1.94. The molecule has 2 aromatic carbocycles. The van der Waals surface area contributed by atoms with Crippen molar-refractivity contribution in [2.75, 3.05) is 0 Å². The number of halogens is 1. The minimum atomic E-state index is -0.199. The van der Waals surface area contributed by atoms with E-state index in [9.17, 15) is 4.79 Å². The molecule has 0 atom stereocenters. The van der Waals surface area contributed by atoms with E-state index in [0.717, 1.165) is 41.4 Å². The molecule has 0 saturated heterocycles. The molecule has 0 spiro atoms. The number of carbonyl (C=O) groups is 1. The molecule has 0 radical (unpaired) electrons. The highest BCUT2D eigenvalue weighted by molar-refractivity contribution is 9.10. The van der Waals surface area contributed by atoms with Crippen LogP contribution < -0.4 is 5.43 Å². The second-order valence-corrected chi connectivity index (χ2v) is 6.25. The maximum atomic E-state index is 12.2. The third kappa shape index (κ3) is 5.64. The maximum absolute atomic E-state index is 12.2. The summed E-state index contributed by atoms with van der Waals surface area (Å²) in [5.74, 6) is -0.199. The van der Waals surface area contributed by atoms with Crippen LogP contribution in [0.25, 0.3) is 0 Å². The Labute approximate surface area is 145 Å². The van der Waals surface area contributed by atoms with Crippen molar-refractivity contribution in [3.8, 4) is 0 Å². The molecule has 0 aliphatic heterocycles. The number of unbranched alkanes of at least 4 members (excludes halogenated alkanes) is 2. The van der Waals surface area contributed by atoms with E-state index in [1.54, 1.807) is 12.1 Å². The number of hydrogen-bond acceptors (Lipinski definition) is 2. The molecule has 23 heavy (non-hydrogen) atoms. The fourth-order valence-electron chi connectivity index (χ4n) is 2.25. The summed E-state index contributed by atoms with van der Waals surface area (Å²) in [7, 11) is 0. The number of benzene rings is 2. The van der Waals surface area contributed by atoms with Gasteiger partial charge in [-0.25, -0.2) is 5.43 Å². The van der Waals surface area contributed by atoms with Gasteiger partial charge in [0.25, 0.3) is 5.91 Å². The van der Waals surface area contributed by atoms with E-state index in [-0.39, 0.29) is 5.91 Å². The van der Waals surface area contributed by atoms with Crippen LogP contribution in [0.5, 0.6) is 0 Å². The van der Waals surface area contributed by atoms with Gasteiger partial charge < -0.3 is 0 Å². The van der Waals surface area contributed by atoms with Crippen LogP contribution in [0.1, 0.15) is 48.5 Å². The molecule has 0 fully saturated rings. The maximum Gasteiger partial charge on any atom is 0.271 e. The van der Waals surface area contributed by atoms with Gasteiger partial charge in [0.15, 0.2) is 0 Å². The summed E-state index contributed by atoms with van der Waals surface area (Å²) in [4.78, 5) is 12.2. The van der Waals surface area contributed by atoms with Crippen molar-refractivity contribution in [3.05, 3.63) is 70.2 Å². The SMILES string of the molecule is CCCCC/C(=N\NC(=O)c1cccc(Br)c1)c1ccccc1. The molecule has 0 saturated carbocycles. The normalized spacial score (nSPS) is 11.3. The second kappa shape index (κ2) is 9.26. The molecule has 1 amide bonds. The Morgan fingerprint density at radius 2 is 1.78 bits per heavy atom. The molecule has 3 nitrogen and oxygen atoms in total. The minimum absolute atomic E-state index is 0.199. The van der Waals surface area contributed by atoms with Gasteiger partial charge in [0.2, 0.25) is 0 Å². The summed E-state index contributed by atoms with van der Waals surface area (Å²) in [5, 5.41) is 4.37. The first-order chi connectivity index (χ1) is 11.2. The van der Waals surface area contributed by atoms with Crippen LogP contribution in [-0.4, -0.2) is 11.6 Å². The Morgan fingerprint density at radius 3 is 2.48 bits per heavy atom. The Kier molecular flexibility index (Phi) is 7.01. The predicted octanol–water partition coefficient (Wildman–Crippen LogP) is 5.16. The Morgan fingerprint density at radius 1 is 1.04 bits per heavy atom. The molecule has 4 heteroatoms. The first-order valence-electron chi connectivity index (χ1n) is 7.88. The number of carbonyl (C=O) groups excluding carboxylic acids is 1. The molecule has 0 aromatic heterocycles. The molecule has 0 aliphatic carbocycles. The lowest BCUT2D eigenvalue weighted by Crippen LogP contribution is -2.20. The predicted molar refractivity (Wildman–Crippen MR) is 98.7 cm³/mol. The van der Waals surface area contributed by atoms with Crippen LogP contribution in [0, 0.1) is 0 Å². The molecule has 0 unspecified atom stereocenters. The topological polar surface area (TPSA) is 41.5 Å². The number of hydrogen-bond donors (Lipinski definition) is 1. The number of nitrogens with one attached hydrogen (secondary N) is 1. The summed E-state index contributed by atoms with van der Waals surface area (Å²) in [5.41, 5.74) is 5.24. The molecule has 120 valence electrons. The number of hydrazone groups is 1. The fraction of sp³-hybridized carbons (Fsp3) is 0.263. The van der Waals surface area contributed by atoms with Crippen LogP contribution in [0.3, 0.4) is 0 Å². The van der Waals surface area contributed by atoms with Gasteiger partial charge >= 0.3 is 0 Å². The zero-order chi connectivity index (χ0) is 16.5. The van der Waals surface area contributed by atoms with Gasteiger partial charge in [-0.2, -0.15) is 5.10 Å². The summed E-state index contributed by atoms with van der Waals surface area (Å²) in [6, 6.07) is 17.3. The molecule has 2 aromatic rings.